The summed E-state index contributed by atoms with van der Waals surface area (Å²) in [6.07, 6.45) is 0. The molecule has 3 aromatic rings. The Hall–Kier alpha value is -4.20. The molecule has 1 aromatic heterocycles. The number of pyridine rings is 1. The van der Waals surface area contributed by atoms with Crippen molar-refractivity contribution in [3.8, 4) is 16.8 Å². The summed E-state index contributed by atoms with van der Waals surface area (Å²) in [5.74, 6) is -2.44. The fourth-order valence-electron chi connectivity index (χ4n) is 3.18. The molecule has 0 atom stereocenters. The maximum Gasteiger partial charge on any atom is 0.335 e. The molecular formula is C20H13N3O5. The normalized spacial score (nSPS) is 12.6. The van der Waals surface area contributed by atoms with Crippen LogP contribution >= 0.6 is 0 Å². The van der Waals surface area contributed by atoms with E-state index in [1.54, 1.807) is 42.5 Å². The predicted octanol–water partition coefficient (Wildman–Crippen LogP) is 1.67. The lowest BCUT2D eigenvalue weighted by Crippen LogP contribution is -2.24. The Morgan fingerprint density at radius 3 is 2.32 bits per heavy atom. The number of imide groups is 1. The maximum atomic E-state index is 12.5. The molecule has 4 N–H and O–H groups in total. The molecule has 0 radical (unpaired) electrons. The number of carbonyl (C=O) groups is 3. The number of aromatic carboxylic acids is 1. The molecule has 138 valence electrons. The second-order valence-electron chi connectivity index (χ2n) is 6.21. The molecule has 8 heteroatoms. The number of amides is 2. The summed E-state index contributed by atoms with van der Waals surface area (Å²) < 4.78 is 1.15. The third kappa shape index (κ3) is 2.64. The first-order chi connectivity index (χ1) is 13.4. The SMILES string of the molecule is Nc1c2c(cc(=O)n1-c1ccc(-c3cccc(C(=O)O)c3)cc1)C(=O)NC2=O. The molecule has 4 rings (SSSR count). The van der Waals surface area contributed by atoms with Gasteiger partial charge in [-0.15, -0.1) is 0 Å². The van der Waals surface area contributed by atoms with Gasteiger partial charge < -0.3 is 10.8 Å². The van der Waals surface area contributed by atoms with Crippen molar-refractivity contribution < 1.29 is 19.5 Å². The second kappa shape index (κ2) is 6.20. The number of anilines is 1. The van der Waals surface area contributed by atoms with Crippen molar-refractivity contribution >= 4 is 23.6 Å². The number of nitrogens with two attached hydrogens (primary N) is 1. The molecule has 0 unspecified atom stereocenters. The summed E-state index contributed by atoms with van der Waals surface area (Å²) in [5.41, 5.74) is 7.42. The van der Waals surface area contributed by atoms with Crippen molar-refractivity contribution in [3.05, 3.63) is 81.6 Å². The summed E-state index contributed by atoms with van der Waals surface area (Å²) in [6, 6.07) is 14.2. The topological polar surface area (TPSA) is 131 Å². The summed E-state index contributed by atoms with van der Waals surface area (Å²) in [4.78, 5) is 47.3. The number of nitrogens with zero attached hydrogens (tertiary/aromatic N) is 1. The maximum absolute atomic E-state index is 12.5. The van der Waals surface area contributed by atoms with Crippen LogP contribution in [-0.4, -0.2) is 27.5 Å². The van der Waals surface area contributed by atoms with E-state index in [0.717, 1.165) is 16.2 Å². The van der Waals surface area contributed by atoms with Gasteiger partial charge in [0.2, 0.25) is 0 Å². The monoisotopic (exact) mass is 375 g/mol. The molecule has 8 nitrogen and oxygen atoms in total. The number of benzene rings is 2. The van der Waals surface area contributed by atoms with Gasteiger partial charge in [0, 0.05) is 6.07 Å². The number of carboxylic acid groups (broad SMARTS) is 1. The van der Waals surface area contributed by atoms with Gasteiger partial charge in [0.15, 0.2) is 0 Å². The Kier molecular flexibility index (Phi) is 3.82. The van der Waals surface area contributed by atoms with E-state index in [4.69, 9.17) is 10.8 Å². The van der Waals surface area contributed by atoms with E-state index in [1.165, 1.54) is 6.07 Å². The fraction of sp³-hybridized carbons (Fsp3) is 0. The molecule has 1 aliphatic heterocycles. The van der Waals surface area contributed by atoms with E-state index in [-0.39, 0.29) is 22.5 Å². The van der Waals surface area contributed by atoms with E-state index in [2.05, 4.69) is 5.32 Å². The van der Waals surface area contributed by atoms with Crippen LogP contribution in [0.25, 0.3) is 16.8 Å². The van der Waals surface area contributed by atoms with Gasteiger partial charge in [-0.05, 0) is 35.4 Å². The van der Waals surface area contributed by atoms with Gasteiger partial charge in [-0.25, -0.2) is 4.79 Å². The first kappa shape index (κ1) is 17.2. The van der Waals surface area contributed by atoms with Crippen molar-refractivity contribution in [2.24, 2.45) is 0 Å². The predicted molar refractivity (Wildman–Crippen MR) is 101 cm³/mol. The van der Waals surface area contributed by atoms with E-state index < -0.39 is 23.3 Å². The zero-order chi connectivity index (χ0) is 20.0. The van der Waals surface area contributed by atoms with Gasteiger partial charge in [-0.2, -0.15) is 0 Å². The molecular weight excluding hydrogens is 362 g/mol. The van der Waals surface area contributed by atoms with E-state index >= 15 is 0 Å². The molecule has 1 aliphatic rings. The zero-order valence-corrected chi connectivity index (χ0v) is 14.3. The number of rotatable bonds is 3. The number of nitrogens with one attached hydrogen (secondary N) is 1. The molecule has 28 heavy (non-hydrogen) atoms. The van der Waals surface area contributed by atoms with Gasteiger partial charge in [0.25, 0.3) is 17.4 Å². The lowest BCUT2D eigenvalue weighted by atomic mass is 10.0. The number of aromatic nitrogens is 1. The number of hydrogen-bond donors (Lipinski definition) is 3. The summed E-state index contributed by atoms with van der Waals surface area (Å²) >= 11 is 0. The highest BCUT2D eigenvalue weighted by molar-refractivity contribution is 6.23. The Balaban J connectivity index is 1.79. The Morgan fingerprint density at radius 1 is 0.929 bits per heavy atom. The molecule has 0 aliphatic carbocycles. The summed E-state index contributed by atoms with van der Waals surface area (Å²) in [7, 11) is 0. The van der Waals surface area contributed by atoms with Crippen molar-refractivity contribution in [1.29, 1.82) is 0 Å². The largest absolute Gasteiger partial charge is 0.478 e. The van der Waals surface area contributed by atoms with Crippen LogP contribution in [0.2, 0.25) is 0 Å². The number of hydrogen-bond acceptors (Lipinski definition) is 5. The Labute approximate surface area is 157 Å². The van der Waals surface area contributed by atoms with Gasteiger partial charge in [0.1, 0.15) is 5.82 Å². The Bertz CT molecular complexity index is 1230. The van der Waals surface area contributed by atoms with E-state index in [0.29, 0.717) is 11.3 Å². The minimum Gasteiger partial charge on any atom is -0.478 e. The molecule has 0 saturated heterocycles. The second-order valence-corrected chi connectivity index (χ2v) is 6.21. The molecule has 0 bridgehead atoms. The average Bonchev–Trinajstić information content (AvgIpc) is 2.96. The summed E-state index contributed by atoms with van der Waals surface area (Å²) in [5, 5.41) is 11.2. The minimum absolute atomic E-state index is 0.0252. The lowest BCUT2D eigenvalue weighted by Gasteiger charge is -2.12. The highest BCUT2D eigenvalue weighted by atomic mass is 16.4. The first-order valence-corrected chi connectivity index (χ1v) is 8.22. The standard InChI is InChI=1S/C20H13N3O5/c21-17-16-14(18(25)22-19(16)26)9-15(24)23(17)13-6-4-10(5-7-13)11-2-1-3-12(8-11)20(27)28/h1-9H,21H2,(H,27,28)(H,22,25,26). The van der Waals surface area contributed by atoms with Gasteiger partial charge in [-0.1, -0.05) is 24.3 Å². The van der Waals surface area contributed by atoms with Crippen molar-refractivity contribution in [2.75, 3.05) is 5.73 Å². The van der Waals surface area contributed by atoms with Crippen LogP contribution in [0.3, 0.4) is 0 Å². The third-order valence-electron chi connectivity index (χ3n) is 4.52. The van der Waals surface area contributed by atoms with Gasteiger partial charge in [0.05, 0.1) is 22.4 Å². The van der Waals surface area contributed by atoms with Crippen molar-refractivity contribution in [2.45, 2.75) is 0 Å². The smallest absolute Gasteiger partial charge is 0.335 e. The highest BCUT2D eigenvalue weighted by Crippen LogP contribution is 2.25. The van der Waals surface area contributed by atoms with Crippen LogP contribution < -0.4 is 16.6 Å². The number of fused-ring (bicyclic) bond motifs is 1. The average molecular weight is 375 g/mol. The van der Waals surface area contributed by atoms with Crippen LogP contribution in [0.5, 0.6) is 0 Å². The number of carboxylic acids is 1. The third-order valence-corrected chi connectivity index (χ3v) is 4.52. The molecule has 2 amide bonds. The van der Waals surface area contributed by atoms with Crippen LogP contribution in [0.4, 0.5) is 5.82 Å². The van der Waals surface area contributed by atoms with Crippen LogP contribution in [0.15, 0.2) is 59.4 Å². The first-order valence-electron chi connectivity index (χ1n) is 8.22. The lowest BCUT2D eigenvalue weighted by molar-refractivity contribution is 0.0696. The van der Waals surface area contributed by atoms with Crippen molar-refractivity contribution in [3.63, 3.8) is 0 Å². The zero-order valence-electron chi connectivity index (χ0n) is 14.3. The van der Waals surface area contributed by atoms with Crippen molar-refractivity contribution in [1.82, 2.24) is 9.88 Å². The van der Waals surface area contributed by atoms with Crippen LogP contribution in [0.1, 0.15) is 31.1 Å². The van der Waals surface area contributed by atoms with Crippen LogP contribution in [0, 0.1) is 0 Å². The molecule has 2 aromatic carbocycles. The van der Waals surface area contributed by atoms with Crippen LogP contribution in [-0.2, 0) is 0 Å². The highest BCUT2D eigenvalue weighted by Gasteiger charge is 2.31. The molecule has 2 heterocycles. The number of nitrogen functional groups attached to an aromatic ring is 1. The fourth-order valence-corrected chi connectivity index (χ4v) is 3.18. The number of carbonyl (C=O) groups excluding carboxylic acids is 2. The molecule has 0 fully saturated rings. The van der Waals surface area contributed by atoms with Gasteiger partial charge in [-0.3, -0.25) is 24.3 Å². The molecule has 0 saturated carbocycles. The Morgan fingerprint density at radius 2 is 1.64 bits per heavy atom. The summed E-state index contributed by atoms with van der Waals surface area (Å²) in [6.45, 7) is 0. The van der Waals surface area contributed by atoms with E-state index in [9.17, 15) is 19.2 Å². The van der Waals surface area contributed by atoms with Gasteiger partial charge >= 0.3 is 5.97 Å². The molecule has 0 spiro atoms. The van der Waals surface area contributed by atoms with E-state index in [1.807, 2.05) is 0 Å². The minimum atomic E-state index is -1.02. The quantitative estimate of drug-likeness (QED) is 0.597.